The number of hydrogen-bond donors (Lipinski definition) is 1. The normalized spacial score (nSPS) is 10.2. The molecule has 0 aliphatic rings. The van der Waals surface area contributed by atoms with Crippen LogP contribution in [-0.4, -0.2) is 12.2 Å². The summed E-state index contributed by atoms with van der Waals surface area (Å²) in [7, 11) is 1.00. The van der Waals surface area contributed by atoms with E-state index in [2.05, 4.69) is 51.1 Å². The SMILES string of the molecule is CCC(C)(C)c1ccccc1.CO. The van der Waals surface area contributed by atoms with Crippen LogP contribution in [0.5, 0.6) is 0 Å². The van der Waals surface area contributed by atoms with Gasteiger partial charge < -0.3 is 5.11 Å². The Hall–Kier alpha value is -0.820. The van der Waals surface area contributed by atoms with E-state index in [1.807, 2.05) is 0 Å². The van der Waals surface area contributed by atoms with E-state index in [4.69, 9.17) is 5.11 Å². The maximum atomic E-state index is 7.00. The molecular weight excluding hydrogens is 160 g/mol. The topological polar surface area (TPSA) is 20.2 Å². The first kappa shape index (κ1) is 12.2. The zero-order valence-electron chi connectivity index (χ0n) is 9.04. The molecule has 1 aromatic rings. The number of aliphatic hydroxyl groups is 1. The van der Waals surface area contributed by atoms with E-state index in [-0.39, 0.29) is 0 Å². The van der Waals surface area contributed by atoms with Crippen LogP contribution in [0.4, 0.5) is 0 Å². The maximum Gasteiger partial charge on any atom is 0.0319 e. The Morgan fingerprint density at radius 2 is 1.54 bits per heavy atom. The van der Waals surface area contributed by atoms with Gasteiger partial charge in [-0.15, -0.1) is 0 Å². The van der Waals surface area contributed by atoms with Crippen molar-refractivity contribution >= 4 is 0 Å². The molecule has 0 bridgehead atoms. The second-order valence-electron chi connectivity index (χ2n) is 3.60. The van der Waals surface area contributed by atoms with Crippen LogP contribution < -0.4 is 0 Å². The third-order valence-corrected chi connectivity index (χ3v) is 2.44. The molecule has 0 aliphatic carbocycles. The van der Waals surface area contributed by atoms with Crippen molar-refractivity contribution in [2.75, 3.05) is 7.11 Å². The average molecular weight is 180 g/mol. The molecule has 0 aliphatic heterocycles. The lowest BCUT2D eigenvalue weighted by Crippen LogP contribution is -2.14. The van der Waals surface area contributed by atoms with E-state index < -0.39 is 0 Å². The number of aliphatic hydroxyl groups excluding tert-OH is 1. The summed E-state index contributed by atoms with van der Waals surface area (Å²) < 4.78 is 0. The molecule has 1 heteroatoms. The van der Waals surface area contributed by atoms with Gasteiger partial charge in [0.1, 0.15) is 0 Å². The Kier molecular flexibility index (Phi) is 5.40. The maximum absolute atomic E-state index is 7.00. The number of hydrogen-bond acceptors (Lipinski definition) is 1. The standard InChI is InChI=1S/C11H16.CH4O/c1-4-11(2,3)10-8-6-5-7-9-10;1-2/h5-9H,4H2,1-3H3;2H,1H3. The second kappa shape index (κ2) is 5.76. The van der Waals surface area contributed by atoms with Gasteiger partial charge in [-0.25, -0.2) is 0 Å². The summed E-state index contributed by atoms with van der Waals surface area (Å²) in [6.45, 7) is 6.79. The van der Waals surface area contributed by atoms with Crippen LogP contribution >= 0.6 is 0 Å². The fraction of sp³-hybridized carbons (Fsp3) is 0.500. The first-order valence-electron chi connectivity index (χ1n) is 4.67. The molecule has 0 fully saturated rings. The highest BCUT2D eigenvalue weighted by atomic mass is 16.2. The van der Waals surface area contributed by atoms with Crippen LogP contribution in [0.2, 0.25) is 0 Å². The Balaban J connectivity index is 0.000000671. The minimum atomic E-state index is 0.335. The second-order valence-corrected chi connectivity index (χ2v) is 3.60. The fourth-order valence-corrected chi connectivity index (χ4v) is 1.09. The van der Waals surface area contributed by atoms with Gasteiger partial charge in [-0.05, 0) is 17.4 Å². The van der Waals surface area contributed by atoms with Crippen molar-refractivity contribution in [3.63, 3.8) is 0 Å². The minimum absolute atomic E-state index is 0.335. The van der Waals surface area contributed by atoms with Crippen molar-refractivity contribution in [1.29, 1.82) is 0 Å². The van der Waals surface area contributed by atoms with Gasteiger partial charge in [-0.1, -0.05) is 51.1 Å². The van der Waals surface area contributed by atoms with Crippen molar-refractivity contribution in [2.24, 2.45) is 0 Å². The van der Waals surface area contributed by atoms with Gasteiger partial charge in [0.15, 0.2) is 0 Å². The lowest BCUT2D eigenvalue weighted by Gasteiger charge is -2.22. The van der Waals surface area contributed by atoms with Crippen LogP contribution in [0.25, 0.3) is 0 Å². The molecule has 0 saturated carbocycles. The van der Waals surface area contributed by atoms with Crippen molar-refractivity contribution in [3.05, 3.63) is 35.9 Å². The molecule has 13 heavy (non-hydrogen) atoms. The molecule has 0 saturated heterocycles. The van der Waals surface area contributed by atoms with E-state index in [0.717, 1.165) is 7.11 Å². The van der Waals surface area contributed by atoms with E-state index in [9.17, 15) is 0 Å². The Bertz CT molecular complexity index is 214. The van der Waals surface area contributed by atoms with Crippen molar-refractivity contribution in [2.45, 2.75) is 32.6 Å². The Morgan fingerprint density at radius 3 is 1.92 bits per heavy atom. The highest BCUT2D eigenvalue weighted by Gasteiger charge is 2.16. The van der Waals surface area contributed by atoms with Gasteiger partial charge in [-0.2, -0.15) is 0 Å². The molecule has 1 rings (SSSR count). The third-order valence-electron chi connectivity index (χ3n) is 2.44. The fourth-order valence-electron chi connectivity index (χ4n) is 1.09. The van der Waals surface area contributed by atoms with Crippen molar-refractivity contribution in [3.8, 4) is 0 Å². The summed E-state index contributed by atoms with van der Waals surface area (Å²) in [5, 5.41) is 7.00. The summed E-state index contributed by atoms with van der Waals surface area (Å²) in [6, 6.07) is 10.7. The van der Waals surface area contributed by atoms with Gasteiger partial charge in [0, 0.05) is 7.11 Å². The number of benzene rings is 1. The highest BCUT2D eigenvalue weighted by molar-refractivity contribution is 5.22. The van der Waals surface area contributed by atoms with Gasteiger partial charge >= 0.3 is 0 Å². The van der Waals surface area contributed by atoms with Crippen LogP contribution in [0.3, 0.4) is 0 Å². The lowest BCUT2D eigenvalue weighted by molar-refractivity contribution is 0.399. The summed E-state index contributed by atoms with van der Waals surface area (Å²) in [5.74, 6) is 0. The van der Waals surface area contributed by atoms with Gasteiger partial charge in [0.25, 0.3) is 0 Å². The quantitative estimate of drug-likeness (QED) is 0.741. The summed E-state index contributed by atoms with van der Waals surface area (Å²) in [5.41, 5.74) is 1.77. The number of rotatable bonds is 2. The largest absolute Gasteiger partial charge is 0.400 e. The lowest BCUT2D eigenvalue weighted by atomic mass is 9.82. The molecule has 0 radical (unpaired) electrons. The highest BCUT2D eigenvalue weighted by Crippen LogP contribution is 2.25. The summed E-state index contributed by atoms with van der Waals surface area (Å²) in [6.07, 6.45) is 1.19. The predicted molar refractivity (Wildman–Crippen MR) is 57.9 cm³/mol. The minimum Gasteiger partial charge on any atom is -0.400 e. The monoisotopic (exact) mass is 180 g/mol. The van der Waals surface area contributed by atoms with E-state index in [0.29, 0.717) is 5.41 Å². The molecule has 1 aromatic carbocycles. The first-order chi connectivity index (χ1) is 6.17. The molecule has 0 amide bonds. The molecule has 0 atom stereocenters. The van der Waals surface area contributed by atoms with E-state index >= 15 is 0 Å². The Labute approximate surface area is 81.4 Å². The molecule has 1 nitrogen and oxygen atoms in total. The van der Waals surface area contributed by atoms with Crippen molar-refractivity contribution < 1.29 is 5.11 Å². The van der Waals surface area contributed by atoms with Crippen molar-refractivity contribution in [1.82, 2.24) is 0 Å². The third kappa shape index (κ3) is 3.60. The van der Waals surface area contributed by atoms with Gasteiger partial charge in [-0.3, -0.25) is 0 Å². The van der Waals surface area contributed by atoms with E-state index in [1.165, 1.54) is 12.0 Å². The zero-order valence-corrected chi connectivity index (χ0v) is 9.04. The molecule has 0 spiro atoms. The predicted octanol–water partition coefficient (Wildman–Crippen LogP) is 2.98. The van der Waals surface area contributed by atoms with Gasteiger partial charge in [0.05, 0.1) is 0 Å². The molecule has 0 aromatic heterocycles. The van der Waals surface area contributed by atoms with Gasteiger partial charge in [0.2, 0.25) is 0 Å². The first-order valence-corrected chi connectivity index (χ1v) is 4.67. The zero-order chi connectivity index (χ0) is 10.3. The molecule has 0 heterocycles. The average Bonchev–Trinajstić information content (AvgIpc) is 2.22. The molecule has 0 unspecified atom stereocenters. The van der Waals surface area contributed by atoms with Crippen LogP contribution in [0.1, 0.15) is 32.8 Å². The Morgan fingerprint density at radius 1 is 1.08 bits per heavy atom. The van der Waals surface area contributed by atoms with E-state index in [1.54, 1.807) is 0 Å². The van der Waals surface area contributed by atoms with Crippen LogP contribution in [-0.2, 0) is 5.41 Å². The smallest absolute Gasteiger partial charge is 0.0319 e. The summed E-state index contributed by atoms with van der Waals surface area (Å²) >= 11 is 0. The molecule has 1 N–H and O–H groups in total. The molecular formula is C12H20O. The summed E-state index contributed by atoms with van der Waals surface area (Å²) in [4.78, 5) is 0. The molecule has 74 valence electrons. The van der Waals surface area contributed by atoms with Crippen LogP contribution in [0, 0.1) is 0 Å². The van der Waals surface area contributed by atoms with Crippen LogP contribution in [0.15, 0.2) is 30.3 Å².